The van der Waals surface area contributed by atoms with Gasteiger partial charge in [0.2, 0.25) is 0 Å². The minimum atomic E-state index is -3.48. The van der Waals surface area contributed by atoms with E-state index >= 15 is 0 Å². The first-order valence-corrected chi connectivity index (χ1v) is 11.5. The molecule has 1 aromatic heterocycles. The van der Waals surface area contributed by atoms with E-state index in [1.165, 1.54) is 0 Å². The Hall–Kier alpha value is -3.11. The van der Waals surface area contributed by atoms with Gasteiger partial charge in [-0.3, -0.25) is 4.18 Å². The van der Waals surface area contributed by atoms with Crippen molar-refractivity contribution >= 4 is 27.8 Å². The van der Waals surface area contributed by atoms with Gasteiger partial charge < -0.3 is 4.74 Å². The Morgan fingerprint density at radius 2 is 1.77 bits per heavy atom. The van der Waals surface area contributed by atoms with Gasteiger partial charge in [-0.15, -0.1) is 0 Å². The average Bonchev–Trinajstić information content (AvgIpc) is 2.76. The zero-order chi connectivity index (χ0) is 22.3. The molecule has 5 nitrogen and oxygen atoms in total. The summed E-state index contributed by atoms with van der Waals surface area (Å²) in [6, 6.07) is 16.8. The van der Waals surface area contributed by atoms with Crippen LogP contribution in [0.3, 0.4) is 0 Å². The summed E-state index contributed by atoms with van der Waals surface area (Å²) in [5, 5.41) is 0.691. The number of hydrogen-bond acceptors (Lipinski definition) is 5. The molecule has 1 heterocycles. The Bertz CT molecular complexity index is 1230. The van der Waals surface area contributed by atoms with Gasteiger partial charge in [-0.2, -0.15) is 8.42 Å². The van der Waals surface area contributed by atoms with E-state index in [-0.39, 0.29) is 13.2 Å². The molecule has 0 unspecified atom stereocenters. The quantitative estimate of drug-likeness (QED) is 0.292. The number of pyridine rings is 1. The molecule has 3 rings (SSSR count). The van der Waals surface area contributed by atoms with Crippen molar-refractivity contribution in [1.82, 2.24) is 4.98 Å². The first kappa shape index (κ1) is 22.6. The van der Waals surface area contributed by atoms with Gasteiger partial charge in [-0.25, -0.2) is 4.98 Å². The molecule has 158 valence electrons. The minimum Gasteiger partial charge on any atom is -0.491 e. The highest BCUT2D eigenvalue weighted by Crippen LogP contribution is 2.22. The second-order valence-corrected chi connectivity index (χ2v) is 8.60. The lowest BCUT2D eigenvalue weighted by Gasteiger charge is -2.09. The molecule has 0 amide bonds. The van der Waals surface area contributed by atoms with Crippen molar-refractivity contribution in [3.05, 3.63) is 89.2 Å². The van der Waals surface area contributed by atoms with Crippen LogP contribution in [0.25, 0.3) is 17.2 Å². The van der Waals surface area contributed by atoms with Crippen molar-refractivity contribution in [2.24, 2.45) is 0 Å². The summed E-state index contributed by atoms with van der Waals surface area (Å²) in [6.45, 7) is 3.83. The van der Waals surface area contributed by atoms with Crippen LogP contribution in [0.4, 0.5) is 0 Å². The highest BCUT2D eigenvalue weighted by atomic mass is 35.5. The number of benzene rings is 2. The zero-order valence-corrected chi connectivity index (χ0v) is 18.4. The molecule has 0 atom stereocenters. The van der Waals surface area contributed by atoms with E-state index in [9.17, 15) is 8.42 Å². The summed E-state index contributed by atoms with van der Waals surface area (Å²) in [6.07, 6.45) is 4.42. The van der Waals surface area contributed by atoms with Crippen molar-refractivity contribution in [2.75, 3.05) is 19.5 Å². The molecule has 7 heteroatoms. The molecule has 0 fully saturated rings. The van der Waals surface area contributed by atoms with Gasteiger partial charge in [0.25, 0.3) is 10.1 Å². The number of halogens is 1. The Labute approximate surface area is 187 Å². The maximum atomic E-state index is 11.0. The minimum absolute atomic E-state index is 0.0609. The molecule has 0 bridgehead atoms. The van der Waals surface area contributed by atoms with Crippen molar-refractivity contribution < 1.29 is 17.3 Å². The first-order valence-electron chi connectivity index (χ1n) is 9.32. The summed E-state index contributed by atoms with van der Waals surface area (Å²) >= 11 is 5.93. The molecule has 0 aliphatic rings. The maximum Gasteiger partial charge on any atom is 0.264 e. The Morgan fingerprint density at radius 3 is 2.42 bits per heavy atom. The van der Waals surface area contributed by atoms with Crippen LogP contribution < -0.4 is 4.74 Å². The Morgan fingerprint density at radius 1 is 1.03 bits per heavy atom. The van der Waals surface area contributed by atoms with E-state index in [4.69, 9.17) is 16.3 Å². The monoisotopic (exact) mass is 453 g/mol. The second-order valence-electron chi connectivity index (χ2n) is 6.52. The summed E-state index contributed by atoms with van der Waals surface area (Å²) in [7, 11) is -3.48. The van der Waals surface area contributed by atoms with Crippen molar-refractivity contribution in [1.29, 1.82) is 0 Å². The van der Waals surface area contributed by atoms with Crippen LogP contribution in [0.2, 0.25) is 5.02 Å². The Balaban J connectivity index is 1.67. The summed E-state index contributed by atoms with van der Waals surface area (Å²) in [5.41, 5.74) is 4.19. The predicted molar refractivity (Wildman–Crippen MR) is 123 cm³/mol. The molecule has 0 aliphatic carbocycles. The van der Waals surface area contributed by atoms with Crippen LogP contribution in [0.5, 0.6) is 5.75 Å². The van der Waals surface area contributed by atoms with Gasteiger partial charge in [0.05, 0.1) is 6.26 Å². The standard InChI is InChI=1S/C24H20ClNO4S/c1-3-19-16-18(5-13-24(19)29-14-15-30-31(2,27)28)4-11-23-12-8-21(17-26-23)20-6-9-22(25)10-7-20/h3,5-10,12-13,16-17H,1,14-15H2,2H3. The zero-order valence-electron chi connectivity index (χ0n) is 16.8. The number of aromatic nitrogens is 1. The van der Waals surface area contributed by atoms with Crippen LogP contribution in [0.15, 0.2) is 67.4 Å². The van der Waals surface area contributed by atoms with Gasteiger partial charge >= 0.3 is 0 Å². The molecule has 0 spiro atoms. The average molecular weight is 454 g/mol. The van der Waals surface area contributed by atoms with Gasteiger partial charge in [-0.05, 0) is 47.9 Å². The molecule has 0 aliphatic heterocycles. The van der Waals surface area contributed by atoms with Crippen LogP contribution >= 0.6 is 11.6 Å². The smallest absolute Gasteiger partial charge is 0.264 e. The van der Waals surface area contributed by atoms with Gasteiger partial charge in [-0.1, -0.05) is 48.4 Å². The number of hydrogen-bond donors (Lipinski definition) is 0. The molecule has 31 heavy (non-hydrogen) atoms. The topological polar surface area (TPSA) is 65.5 Å². The van der Waals surface area contributed by atoms with Crippen molar-refractivity contribution in [3.8, 4) is 28.7 Å². The van der Waals surface area contributed by atoms with E-state index in [1.807, 2.05) is 48.5 Å². The van der Waals surface area contributed by atoms with Crippen LogP contribution in [-0.2, 0) is 14.3 Å². The van der Waals surface area contributed by atoms with E-state index < -0.39 is 10.1 Å². The molecule has 3 aromatic rings. The molecule has 0 saturated carbocycles. The fourth-order valence-corrected chi connectivity index (χ4v) is 3.17. The highest BCUT2D eigenvalue weighted by molar-refractivity contribution is 7.85. The van der Waals surface area contributed by atoms with E-state index in [0.29, 0.717) is 16.5 Å². The lowest BCUT2D eigenvalue weighted by molar-refractivity contribution is 0.222. The summed E-state index contributed by atoms with van der Waals surface area (Å²) in [5.74, 6) is 6.70. The molecule has 0 N–H and O–H groups in total. The fraction of sp³-hybridized carbons (Fsp3) is 0.125. The van der Waals surface area contributed by atoms with E-state index in [0.717, 1.165) is 28.5 Å². The molecular formula is C24H20ClNO4S. The van der Waals surface area contributed by atoms with Gasteiger partial charge in [0, 0.05) is 27.9 Å². The van der Waals surface area contributed by atoms with Crippen LogP contribution in [0.1, 0.15) is 16.8 Å². The normalized spacial score (nSPS) is 10.8. The maximum absolute atomic E-state index is 11.0. The van der Waals surface area contributed by atoms with Gasteiger partial charge in [0.15, 0.2) is 0 Å². The van der Waals surface area contributed by atoms with Gasteiger partial charge in [0.1, 0.15) is 24.7 Å². The molecule has 0 radical (unpaired) electrons. The molecule has 0 saturated heterocycles. The van der Waals surface area contributed by atoms with Crippen molar-refractivity contribution in [3.63, 3.8) is 0 Å². The first-order chi connectivity index (χ1) is 14.8. The fourth-order valence-electron chi connectivity index (χ4n) is 2.67. The highest BCUT2D eigenvalue weighted by Gasteiger charge is 2.05. The third-order valence-corrected chi connectivity index (χ3v) is 4.99. The number of ether oxygens (including phenoxy) is 1. The van der Waals surface area contributed by atoms with E-state index in [2.05, 4.69) is 27.6 Å². The predicted octanol–water partition coefficient (Wildman–Crippen LogP) is 4.80. The SMILES string of the molecule is C=Cc1cc(C#Cc2ccc(-c3ccc(Cl)cc3)cn2)ccc1OCCOS(C)(=O)=O. The number of rotatable bonds is 7. The van der Waals surface area contributed by atoms with Crippen LogP contribution in [-0.4, -0.2) is 32.9 Å². The second kappa shape index (κ2) is 10.3. The summed E-state index contributed by atoms with van der Waals surface area (Å²) < 4.78 is 32.2. The molecule has 2 aromatic carbocycles. The third kappa shape index (κ3) is 6.97. The lowest BCUT2D eigenvalue weighted by atomic mass is 10.1. The summed E-state index contributed by atoms with van der Waals surface area (Å²) in [4.78, 5) is 4.41. The number of nitrogens with zero attached hydrogens (tertiary/aromatic N) is 1. The third-order valence-electron chi connectivity index (χ3n) is 4.14. The largest absolute Gasteiger partial charge is 0.491 e. The van der Waals surface area contributed by atoms with Crippen LogP contribution in [0, 0.1) is 11.8 Å². The molecular weight excluding hydrogens is 434 g/mol. The lowest BCUT2D eigenvalue weighted by Crippen LogP contribution is -2.11. The van der Waals surface area contributed by atoms with E-state index in [1.54, 1.807) is 18.3 Å². The van der Waals surface area contributed by atoms with Crippen molar-refractivity contribution in [2.45, 2.75) is 0 Å². The Kier molecular flexibility index (Phi) is 7.48.